The van der Waals surface area contributed by atoms with Gasteiger partial charge >= 0.3 is 18.4 Å². The van der Waals surface area contributed by atoms with E-state index in [2.05, 4.69) is 15.3 Å². The predicted molar refractivity (Wildman–Crippen MR) is 171 cm³/mol. The number of hydrogen-bond donors (Lipinski definition) is 2. The number of anilines is 2. The van der Waals surface area contributed by atoms with E-state index < -0.39 is 69.9 Å². The molecule has 2 saturated heterocycles. The number of nitrogens with zero attached hydrogens (tertiary/aromatic N) is 5. The molecule has 0 spiro atoms. The Morgan fingerprint density at radius 1 is 1.15 bits per heavy atom. The maximum atomic E-state index is 16.8. The number of carbonyl (C=O) groups excluding carboxylic acids is 1. The summed E-state index contributed by atoms with van der Waals surface area (Å²) < 4.78 is 81.7. The Balaban J connectivity index is 1.58. The van der Waals surface area contributed by atoms with E-state index in [0.717, 1.165) is 30.0 Å². The van der Waals surface area contributed by atoms with E-state index in [9.17, 15) is 33.1 Å². The Hall–Kier alpha value is -4.43. The van der Waals surface area contributed by atoms with Crippen molar-refractivity contribution in [3.05, 3.63) is 41.0 Å². The van der Waals surface area contributed by atoms with Crippen molar-refractivity contribution in [1.82, 2.24) is 14.9 Å². The summed E-state index contributed by atoms with van der Waals surface area (Å²) in [6.07, 6.45) is -4.46. The average Bonchev–Trinajstić information content (AvgIpc) is 3.49. The van der Waals surface area contributed by atoms with Crippen LogP contribution < -0.4 is 10.2 Å². The molecule has 2 bridgehead atoms. The lowest BCUT2D eigenvalue weighted by Gasteiger charge is -2.40. The summed E-state index contributed by atoms with van der Waals surface area (Å²) in [6, 6.07) is 3.55. The van der Waals surface area contributed by atoms with Gasteiger partial charge in [0.25, 0.3) is 0 Å². The zero-order valence-electron chi connectivity index (χ0n) is 25.8. The zero-order chi connectivity index (χ0) is 34.9. The number of halogens is 5. The van der Waals surface area contributed by atoms with Crippen LogP contribution in [0.5, 0.6) is 0 Å². The van der Waals surface area contributed by atoms with Gasteiger partial charge in [0.1, 0.15) is 33.8 Å². The Morgan fingerprint density at radius 2 is 1.81 bits per heavy atom. The normalized spacial score (nSPS) is 18.0. The molecule has 10 nitrogen and oxygen atoms in total. The van der Waals surface area contributed by atoms with Crippen molar-refractivity contribution >= 4 is 67.1 Å². The molecule has 2 aromatic heterocycles. The highest BCUT2D eigenvalue weighted by molar-refractivity contribution is 7.98. The van der Waals surface area contributed by atoms with Crippen LogP contribution in [0.3, 0.4) is 0 Å². The van der Waals surface area contributed by atoms with Crippen molar-refractivity contribution < 1.29 is 41.4 Å². The summed E-state index contributed by atoms with van der Waals surface area (Å²) in [6.45, 7) is 5.07. The molecule has 2 aliphatic heterocycles. The minimum Gasteiger partial charge on any atom is -0.465 e. The van der Waals surface area contributed by atoms with Crippen LogP contribution in [0.15, 0.2) is 23.4 Å². The number of benzene rings is 2. The molecule has 252 valence electrons. The van der Waals surface area contributed by atoms with Crippen LogP contribution in [0.25, 0.3) is 32.1 Å². The monoisotopic (exact) mass is 706 g/mol. The molecule has 4 aromatic rings. The lowest BCUT2D eigenvalue weighted by molar-refractivity contribution is -0.137. The number of ether oxygens (including phenoxy) is 1. The summed E-state index contributed by atoms with van der Waals surface area (Å²) in [5, 5.41) is 21.5. The topological polar surface area (TPSA) is 132 Å². The summed E-state index contributed by atoms with van der Waals surface area (Å²) >= 11 is 1.64. The Labute approximate surface area is 278 Å². The molecule has 2 fully saturated rings. The predicted octanol–water partition coefficient (Wildman–Crippen LogP) is 8.08. The van der Waals surface area contributed by atoms with Gasteiger partial charge in [0.05, 0.1) is 27.9 Å². The summed E-state index contributed by atoms with van der Waals surface area (Å²) in [4.78, 5) is 36.1. The van der Waals surface area contributed by atoms with E-state index in [0.29, 0.717) is 24.2 Å². The van der Waals surface area contributed by atoms with Crippen molar-refractivity contribution in [3.8, 4) is 17.2 Å². The fraction of sp³-hybridized carbons (Fsp3) is 0.387. The smallest absolute Gasteiger partial charge is 0.417 e. The number of nitrogens with one attached hydrogen (secondary N) is 1. The maximum absolute atomic E-state index is 16.8. The molecular formula is C31H27F5N6O4S2. The van der Waals surface area contributed by atoms with Crippen molar-refractivity contribution in [3.63, 3.8) is 0 Å². The first-order valence-electron chi connectivity index (χ1n) is 14.6. The molecule has 48 heavy (non-hydrogen) atoms. The molecule has 4 heterocycles. The lowest BCUT2D eigenvalue weighted by Crippen LogP contribution is -2.55. The minimum atomic E-state index is -5.14. The first-order valence-corrected chi connectivity index (χ1v) is 16.6. The number of rotatable bonds is 4. The lowest BCUT2D eigenvalue weighted by atomic mass is 9.92. The van der Waals surface area contributed by atoms with Gasteiger partial charge in [0, 0.05) is 29.4 Å². The van der Waals surface area contributed by atoms with Crippen molar-refractivity contribution in [2.45, 2.75) is 62.6 Å². The van der Waals surface area contributed by atoms with Gasteiger partial charge in [-0.05, 0) is 57.6 Å². The quantitative estimate of drug-likeness (QED) is 0.123. The van der Waals surface area contributed by atoms with Gasteiger partial charge < -0.3 is 14.7 Å². The van der Waals surface area contributed by atoms with Crippen molar-refractivity contribution in [2.24, 2.45) is 0 Å². The van der Waals surface area contributed by atoms with Gasteiger partial charge in [-0.2, -0.15) is 18.4 Å². The van der Waals surface area contributed by atoms with E-state index in [1.165, 1.54) is 4.90 Å². The minimum absolute atomic E-state index is 0.0311. The molecular weight excluding hydrogens is 680 g/mol. The van der Waals surface area contributed by atoms with E-state index >= 15 is 8.78 Å². The van der Waals surface area contributed by atoms with Crippen molar-refractivity contribution in [1.29, 1.82) is 5.26 Å². The fourth-order valence-electron chi connectivity index (χ4n) is 6.37. The van der Waals surface area contributed by atoms with Gasteiger partial charge in [-0.1, -0.05) is 17.8 Å². The molecule has 2 aromatic carbocycles. The van der Waals surface area contributed by atoms with Gasteiger partial charge in [-0.25, -0.2) is 28.3 Å². The molecule has 2 amide bonds. The third kappa shape index (κ3) is 5.80. The fourth-order valence-corrected chi connectivity index (χ4v) is 7.80. The van der Waals surface area contributed by atoms with Gasteiger partial charge in [-0.3, -0.25) is 10.2 Å². The second kappa shape index (κ2) is 11.9. The highest BCUT2D eigenvalue weighted by atomic mass is 32.2. The number of carboxylic acid groups (broad SMARTS) is 1. The third-order valence-corrected chi connectivity index (χ3v) is 9.83. The molecule has 6 rings (SSSR count). The zero-order valence-corrected chi connectivity index (χ0v) is 27.5. The van der Waals surface area contributed by atoms with Crippen LogP contribution in [0.2, 0.25) is 0 Å². The molecule has 0 aliphatic carbocycles. The van der Waals surface area contributed by atoms with Crippen LogP contribution in [0, 0.1) is 23.0 Å². The number of piperazine rings is 1. The number of thiophene rings is 1. The molecule has 17 heteroatoms. The Kier molecular flexibility index (Phi) is 8.31. The van der Waals surface area contributed by atoms with Crippen molar-refractivity contribution in [2.75, 3.05) is 29.6 Å². The van der Waals surface area contributed by atoms with Gasteiger partial charge in [0.15, 0.2) is 11.0 Å². The average molecular weight is 707 g/mol. The number of aromatic nitrogens is 2. The third-order valence-electron chi connectivity index (χ3n) is 8.17. The van der Waals surface area contributed by atoms with E-state index in [4.69, 9.17) is 4.74 Å². The number of amides is 2. The highest BCUT2D eigenvalue weighted by Crippen LogP contribution is 2.49. The molecule has 2 atom stereocenters. The van der Waals surface area contributed by atoms with Gasteiger partial charge in [0.2, 0.25) is 0 Å². The first kappa shape index (κ1) is 33.5. The maximum Gasteiger partial charge on any atom is 0.417 e. The van der Waals surface area contributed by atoms with Crippen LogP contribution in [0.1, 0.15) is 44.7 Å². The summed E-state index contributed by atoms with van der Waals surface area (Å²) in [5.41, 5.74) is -4.53. The molecule has 0 saturated carbocycles. The summed E-state index contributed by atoms with van der Waals surface area (Å²) in [5.74, 6) is -2.23. The van der Waals surface area contributed by atoms with Crippen LogP contribution in [-0.2, 0) is 10.9 Å². The van der Waals surface area contributed by atoms with Crippen LogP contribution in [0.4, 0.5) is 42.4 Å². The molecule has 2 aliphatic rings. The van der Waals surface area contributed by atoms with E-state index in [-0.39, 0.29) is 50.1 Å². The van der Waals surface area contributed by atoms with Crippen LogP contribution >= 0.6 is 23.1 Å². The number of thioether (sulfide) groups is 1. The first-order chi connectivity index (χ1) is 22.5. The number of nitriles is 1. The molecule has 2 unspecified atom stereocenters. The van der Waals surface area contributed by atoms with Gasteiger partial charge in [-0.15, -0.1) is 11.3 Å². The largest absolute Gasteiger partial charge is 0.465 e. The van der Waals surface area contributed by atoms with E-state index in [1.54, 1.807) is 31.9 Å². The Bertz CT molecular complexity index is 2030. The van der Waals surface area contributed by atoms with Crippen LogP contribution in [-0.4, -0.2) is 69.2 Å². The second-order valence-electron chi connectivity index (χ2n) is 12.4. The highest BCUT2D eigenvalue weighted by Gasteiger charge is 2.44. The number of alkyl halides is 3. The number of fused-ring (bicyclic) bond motifs is 4. The SMILES string of the molecule is CSc1nc(N2CC3CCC(C2)N3C(=O)O)c2cc(C(F)(F)F)c(-c3ccc(F)c4sc(NC(=O)OC(C)(C)C)c(C#N)c34)c(F)c2n1. The number of carbonyl (C=O) groups is 2. The molecule has 2 N–H and O–H groups in total. The second-order valence-corrected chi connectivity index (χ2v) is 14.2. The molecule has 0 radical (unpaired) electrons. The number of hydrogen-bond acceptors (Lipinski definition) is 9. The standard InChI is InChI=1S/C31H27F5N6O4S2/c1-30(2,3)46-28(43)40-26-17(10-37)20-15(7-8-19(32)24(20)48-26)21-18(31(34,35)36)9-16-23(22(21)33)38-27(47-4)39-25(16)41-11-13-5-6-14(12-41)42(13)29(44)45/h7-9,13-14H,5-6,11-12H2,1-4H3,(H,40,43)(H,44,45). The summed E-state index contributed by atoms with van der Waals surface area (Å²) in [7, 11) is 0. The Morgan fingerprint density at radius 3 is 2.38 bits per heavy atom. The van der Waals surface area contributed by atoms with E-state index in [1.807, 2.05) is 6.07 Å².